The van der Waals surface area contributed by atoms with E-state index in [1.54, 1.807) is 0 Å². The van der Waals surface area contributed by atoms with E-state index in [4.69, 9.17) is 11.6 Å². The highest BCUT2D eigenvalue weighted by Gasteiger charge is 2.26. The van der Waals surface area contributed by atoms with Crippen LogP contribution >= 0.6 is 11.6 Å². The molecule has 3 heterocycles. The molecular formula is C29H36ClFN4O. The predicted molar refractivity (Wildman–Crippen MR) is 144 cm³/mol. The van der Waals surface area contributed by atoms with Crippen LogP contribution in [0.5, 0.6) is 0 Å². The van der Waals surface area contributed by atoms with Gasteiger partial charge in [-0.3, -0.25) is 4.79 Å². The number of aryl methyl sites for hydroxylation is 1. The van der Waals surface area contributed by atoms with Crippen molar-refractivity contribution in [1.29, 1.82) is 0 Å². The monoisotopic (exact) mass is 510 g/mol. The van der Waals surface area contributed by atoms with Crippen molar-refractivity contribution in [3.05, 3.63) is 69.6 Å². The smallest absolute Gasteiger partial charge is 0.255 e. The third-order valence-electron chi connectivity index (χ3n) is 8.05. The number of H-pyrrole nitrogens is 1. The molecule has 2 aromatic carbocycles. The van der Waals surface area contributed by atoms with Gasteiger partial charge in [0.05, 0.1) is 10.6 Å². The Morgan fingerprint density at radius 2 is 1.75 bits per heavy atom. The van der Waals surface area contributed by atoms with Crippen molar-refractivity contribution in [3.63, 3.8) is 0 Å². The molecule has 0 bridgehead atoms. The highest BCUT2D eigenvalue weighted by Crippen LogP contribution is 2.31. The number of fused-ring (bicyclic) bond motifs is 1. The Bertz CT molecular complexity index is 1210. The number of halogens is 2. The lowest BCUT2D eigenvalue weighted by Gasteiger charge is -2.32. The minimum absolute atomic E-state index is 0.0194. The topological polar surface area (TPSA) is 42.6 Å². The Labute approximate surface area is 218 Å². The van der Waals surface area contributed by atoms with Crippen LogP contribution in [0.4, 0.5) is 4.39 Å². The molecule has 2 aliphatic rings. The van der Waals surface area contributed by atoms with Crippen molar-refractivity contribution in [2.45, 2.75) is 32.6 Å². The molecule has 36 heavy (non-hydrogen) atoms. The number of aromatic amines is 1. The Balaban J connectivity index is 1.25. The van der Waals surface area contributed by atoms with E-state index >= 15 is 0 Å². The van der Waals surface area contributed by atoms with Crippen molar-refractivity contribution in [3.8, 4) is 0 Å². The van der Waals surface area contributed by atoms with Gasteiger partial charge in [-0.25, -0.2) is 4.39 Å². The van der Waals surface area contributed by atoms with E-state index in [9.17, 15) is 9.18 Å². The molecule has 0 spiro atoms. The number of carbonyl (C=O) groups excluding carboxylic acids is 1. The second-order valence-electron chi connectivity index (χ2n) is 10.6. The zero-order valence-electron chi connectivity index (χ0n) is 21.3. The largest absolute Gasteiger partial charge is 0.358 e. The Kier molecular flexibility index (Phi) is 7.65. The molecule has 5 rings (SSSR count). The van der Waals surface area contributed by atoms with Crippen LogP contribution < -0.4 is 0 Å². The number of likely N-dealkylation sites (tertiary alicyclic amines) is 1. The van der Waals surface area contributed by atoms with Crippen molar-refractivity contribution in [2.75, 3.05) is 52.9 Å². The zero-order valence-corrected chi connectivity index (χ0v) is 22.1. The molecular weight excluding hydrogens is 475 g/mol. The standard InChI is InChI=1S/C29H36ClFN4O/c1-20-24(9-10-34-15-13-33(2)14-16-34)25-18-26(27(30)19-28(25)32-20)29(36)35-11-7-22(8-12-35)17-21-3-5-23(31)6-4-21/h3-6,18-19,22,32H,7-17H2,1-2H3. The zero-order chi connectivity index (χ0) is 25.2. The van der Waals surface area contributed by atoms with E-state index in [0.717, 1.165) is 93.7 Å². The van der Waals surface area contributed by atoms with Gasteiger partial charge in [0.2, 0.25) is 0 Å². The number of nitrogens with zero attached hydrogens (tertiary/aromatic N) is 3. The van der Waals surface area contributed by atoms with Crippen LogP contribution in [0.1, 0.15) is 40.0 Å². The van der Waals surface area contributed by atoms with Gasteiger partial charge in [-0.1, -0.05) is 23.7 Å². The number of hydrogen-bond donors (Lipinski definition) is 1. The summed E-state index contributed by atoms with van der Waals surface area (Å²) in [5.41, 5.74) is 5.19. The number of aromatic nitrogens is 1. The number of piperazine rings is 1. The van der Waals surface area contributed by atoms with Crippen molar-refractivity contribution < 1.29 is 9.18 Å². The maximum absolute atomic E-state index is 13.5. The van der Waals surface area contributed by atoms with Crippen LogP contribution in [0, 0.1) is 18.7 Å². The second kappa shape index (κ2) is 10.9. The van der Waals surface area contributed by atoms with E-state index in [0.29, 0.717) is 16.5 Å². The highest BCUT2D eigenvalue weighted by atomic mass is 35.5. The first-order valence-electron chi connectivity index (χ1n) is 13.1. The fourth-order valence-corrected chi connectivity index (χ4v) is 5.94. The van der Waals surface area contributed by atoms with Crippen LogP contribution in [0.3, 0.4) is 0 Å². The van der Waals surface area contributed by atoms with Gasteiger partial charge >= 0.3 is 0 Å². The average Bonchev–Trinajstić information content (AvgIpc) is 3.18. The van der Waals surface area contributed by atoms with Gasteiger partial charge in [-0.15, -0.1) is 0 Å². The van der Waals surface area contributed by atoms with Gasteiger partial charge in [-0.05, 0) is 81.0 Å². The third-order valence-corrected chi connectivity index (χ3v) is 8.36. The normalized spacial score (nSPS) is 18.3. The molecule has 5 nitrogen and oxygen atoms in total. The van der Waals surface area contributed by atoms with E-state index in [1.807, 2.05) is 29.2 Å². The van der Waals surface area contributed by atoms with Crippen LogP contribution in [-0.4, -0.2) is 78.5 Å². The second-order valence-corrected chi connectivity index (χ2v) is 11.0. The van der Waals surface area contributed by atoms with Crippen molar-refractivity contribution in [1.82, 2.24) is 19.7 Å². The molecule has 0 atom stereocenters. The number of carbonyl (C=O) groups is 1. The summed E-state index contributed by atoms with van der Waals surface area (Å²) in [7, 11) is 2.18. The molecule has 2 aliphatic heterocycles. The quantitative estimate of drug-likeness (QED) is 0.498. The number of likely N-dealkylation sites (N-methyl/N-ethyl adjacent to an activating group) is 1. The minimum atomic E-state index is -0.201. The Morgan fingerprint density at radius 3 is 2.44 bits per heavy atom. The van der Waals surface area contributed by atoms with Gasteiger partial charge in [0.15, 0.2) is 0 Å². The summed E-state index contributed by atoms with van der Waals surface area (Å²) in [4.78, 5) is 23.8. The molecule has 3 aromatic rings. The summed E-state index contributed by atoms with van der Waals surface area (Å²) in [6, 6.07) is 10.7. The van der Waals surface area contributed by atoms with E-state index in [1.165, 1.54) is 17.7 Å². The molecule has 0 aliphatic carbocycles. The minimum Gasteiger partial charge on any atom is -0.358 e. The summed E-state index contributed by atoms with van der Waals surface area (Å²) < 4.78 is 13.2. The molecule has 1 aromatic heterocycles. The van der Waals surface area contributed by atoms with Gasteiger partial charge in [0.25, 0.3) is 5.91 Å². The van der Waals surface area contributed by atoms with E-state index < -0.39 is 0 Å². The summed E-state index contributed by atoms with van der Waals surface area (Å²) >= 11 is 6.63. The highest BCUT2D eigenvalue weighted by molar-refractivity contribution is 6.34. The molecule has 2 saturated heterocycles. The molecule has 1 amide bonds. The maximum atomic E-state index is 13.5. The molecule has 192 valence electrons. The summed E-state index contributed by atoms with van der Waals surface area (Å²) in [6.07, 6.45) is 3.78. The van der Waals surface area contributed by atoms with Gasteiger partial charge in [0.1, 0.15) is 5.82 Å². The first-order valence-corrected chi connectivity index (χ1v) is 13.5. The van der Waals surface area contributed by atoms with Gasteiger partial charge < -0.3 is 19.7 Å². The first-order chi connectivity index (χ1) is 17.4. The maximum Gasteiger partial charge on any atom is 0.255 e. The molecule has 0 saturated carbocycles. The third kappa shape index (κ3) is 5.61. The lowest BCUT2D eigenvalue weighted by Crippen LogP contribution is -2.45. The van der Waals surface area contributed by atoms with Gasteiger partial charge in [0, 0.05) is 62.4 Å². The number of benzene rings is 2. The Hall–Kier alpha value is -2.41. The number of rotatable bonds is 6. The number of hydrogen-bond acceptors (Lipinski definition) is 3. The lowest BCUT2D eigenvalue weighted by atomic mass is 9.90. The van der Waals surface area contributed by atoms with Crippen molar-refractivity contribution >= 4 is 28.4 Å². The molecule has 0 radical (unpaired) electrons. The van der Waals surface area contributed by atoms with E-state index in [-0.39, 0.29) is 11.7 Å². The summed E-state index contributed by atoms with van der Waals surface area (Å²) in [6.45, 7) is 9.01. The van der Waals surface area contributed by atoms with Crippen LogP contribution in [0.25, 0.3) is 10.9 Å². The number of nitrogens with one attached hydrogen (secondary N) is 1. The summed E-state index contributed by atoms with van der Waals surface area (Å²) in [5, 5.41) is 1.62. The summed E-state index contributed by atoms with van der Waals surface area (Å²) in [5.74, 6) is 0.324. The fraction of sp³-hybridized carbons (Fsp3) is 0.483. The van der Waals surface area contributed by atoms with Gasteiger partial charge in [-0.2, -0.15) is 0 Å². The molecule has 2 fully saturated rings. The Morgan fingerprint density at radius 1 is 1.06 bits per heavy atom. The lowest BCUT2D eigenvalue weighted by molar-refractivity contribution is 0.0691. The number of piperidine rings is 1. The number of amides is 1. The first kappa shape index (κ1) is 25.2. The van der Waals surface area contributed by atoms with Crippen LogP contribution in [-0.2, 0) is 12.8 Å². The SMILES string of the molecule is Cc1[nH]c2cc(Cl)c(C(=O)N3CCC(Cc4ccc(F)cc4)CC3)cc2c1CCN1CCN(C)CC1. The van der Waals surface area contributed by atoms with Crippen molar-refractivity contribution in [2.24, 2.45) is 5.92 Å². The molecule has 0 unspecified atom stereocenters. The van der Waals surface area contributed by atoms with Crippen LogP contribution in [0.15, 0.2) is 36.4 Å². The average molecular weight is 511 g/mol. The molecule has 7 heteroatoms. The fourth-order valence-electron chi connectivity index (χ4n) is 5.70. The van der Waals surface area contributed by atoms with E-state index in [2.05, 4.69) is 28.8 Å². The predicted octanol–water partition coefficient (Wildman–Crippen LogP) is 5.15. The molecule has 1 N–H and O–H groups in total. The van der Waals surface area contributed by atoms with Crippen LogP contribution in [0.2, 0.25) is 5.02 Å².